The molecule has 0 saturated heterocycles. The third-order valence-electron chi connectivity index (χ3n) is 4.01. The number of benzene rings is 1. The molecule has 1 aliphatic carbocycles. The van der Waals surface area contributed by atoms with Crippen LogP contribution in [0.15, 0.2) is 36.5 Å². The molecule has 3 rings (SSSR count). The van der Waals surface area contributed by atoms with Gasteiger partial charge >= 0.3 is 0 Å². The van der Waals surface area contributed by atoms with Crippen LogP contribution in [-0.4, -0.2) is 12.0 Å². The fourth-order valence-electron chi connectivity index (χ4n) is 2.74. The molecule has 0 aliphatic heterocycles. The molecule has 1 heterocycles. The first-order valence-electron chi connectivity index (χ1n) is 6.25. The smallest absolute Gasteiger partial charge is 0.0705 e. The molecule has 88 valence electrons. The second-order valence-electron chi connectivity index (χ2n) is 5.29. The Balaban J connectivity index is 2.16. The third-order valence-corrected chi connectivity index (χ3v) is 4.01. The second kappa shape index (κ2) is 3.81. The lowest BCUT2D eigenvalue weighted by atomic mass is 9.89. The van der Waals surface area contributed by atoms with Crippen LogP contribution in [-0.2, 0) is 0 Å². The van der Waals surface area contributed by atoms with Crippen LogP contribution in [0.1, 0.15) is 31.4 Å². The number of hydrogen-bond donors (Lipinski definition) is 1. The Morgan fingerprint density at radius 3 is 2.76 bits per heavy atom. The molecule has 2 nitrogen and oxygen atoms in total. The van der Waals surface area contributed by atoms with Crippen LogP contribution in [0.25, 0.3) is 10.9 Å². The van der Waals surface area contributed by atoms with Crippen molar-refractivity contribution in [2.75, 3.05) is 7.05 Å². The van der Waals surface area contributed by atoms with Crippen LogP contribution < -0.4 is 5.32 Å². The summed E-state index contributed by atoms with van der Waals surface area (Å²) in [6, 6.07) is 11.1. The van der Waals surface area contributed by atoms with E-state index in [1.165, 1.54) is 23.8 Å². The van der Waals surface area contributed by atoms with Gasteiger partial charge in [-0.2, -0.15) is 0 Å². The molecule has 1 aromatic carbocycles. The first-order chi connectivity index (χ1) is 8.24. The van der Waals surface area contributed by atoms with Crippen molar-refractivity contribution in [3.63, 3.8) is 0 Å². The fraction of sp³-hybridized carbons (Fsp3) is 0.400. The normalized spacial score (nSPS) is 19.2. The maximum Gasteiger partial charge on any atom is 0.0705 e. The zero-order valence-electron chi connectivity index (χ0n) is 10.4. The van der Waals surface area contributed by atoms with Crippen molar-refractivity contribution in [2.45, 2.75) is 25.8 Å². The van der Waals surface area contributed by atoms with Gasteiger partial charge in [-0.3, -0.25) is 4.98 Å². The molecule has 1 unspecified atom stereocenters. The lowest BCUT2D eigenvalue weighted by Gasteiger charge is -2.24. The first kappa shape index (κ1) is 10.7. The lowest BCUT2D eigenvalue weighted by molar-refractivity contribution is 0.393. The molecule has 0 spiro atoms. The van der Waals surface area contributed by atoms with Gasteiger partial charge in [0.2, 0.25) is 0 Å². The van der Waals surface area contributed by atoms with Gasteiger partial charge in [0.25, 0.3) is 0 Å². The lowest BCUT2D eigenvalue weighted by Crippen LogP contribution is -2.24. The molecule has 1 saturated carbocycles. The Kier molecular flexibility index (Phi) is 2.40. The summed E-state index contributed by atoms with van der Waals surface area (Å²) in [4.78, 5) is 4.43. The maximum absolute atomic E-state index is 4.43. The molecule has 2 heteroatoms. The summed E-state index contributed by atoms with van der Waals surface area (Å²) in [5, 5.41) is 4.77. The summed E-state index contributed by atoms with van der Waals surface area (Å²) in [6.45, 7) is 2.36. The van der Waals surface area contributed by atoms with Crippen molar-refractivity contribution < 1.29 is 0 Å². The summed E-state index contributed by atoms with van der Waals surface area (Å²) in [7, 11) is 2.06. The number of rotatable bonds is 3. The van der Waals surface area contributed by atoms with E-state index in [1.54, 1.807) is 0 Å². The Morgan fingerprint density at radius 2 is 2.06 bits per heavy atom. The monoisotopic (exact) mass is 226 g/mol. The van der Waals surface area contributed by atoms with Crippen molar-refractivity contribution in [3.05, 3.63) is 42.1 Å². The summed E-state index contributed by atoms with van der Waals surface area (Å²) in [5.74, 6) is 0. The number of aromatic nitrogens is 1. The number of nitrogens with one attached hydrogen (secondary N) is 1. The van der Waals surface area contributed by atoms with E-state index in [4.69, 9.17) is 0 Å². The van der Waals surface area contributed by atoms with E-state index in [-0.39, 0.29) is 0 Å². The van der Waals surface area contributed by atoms with E-state index in [1.807, 2.05) is 12.3 Å². The number of nitrogens with zero attached hydrogens (tertiary/aromatic N) is 1. The zero-order chi connectivity index (χ0) is 11.9. The van der Waals surface area contributed by atoms with Gasteiger partial charge in [-0.15, -0.1) is 0 Å². The summed E-state index contributed by atoms with van der Waals surface area (Å²) < 4.78 is 0. The van der Waals surface area contributed by atoms with E-state index in [9.17, 15) is 0 Å². The number of fused-ring (bicyclic) bond motifs is 1. The molecular weight excluding hydrogens is 208 g/mol. The summed E-state index contributed by atoms with van der Waals surface area (Å²) in [5.41, 5.74) is 2.91. The summed E-state index contributed by atoms with van der Waals surface area (Å²) in [6.07, 6.45) is 4.49. The number of pyridine rings is 1. The number of hydrogen-bond acceptors (Lipinski definition) is 2. The van der Waals surface area contributed by atoms with Crippen molar-refractivity contribution in [1.82, 2.24) is 10.3 Å². The predicted molar refractivity (Wildman–Crippen MR) is 70.9 cm³/mol. The van der Waals surface area contributed by atoms with Gasteiger partial charge in [0, 0.05) is 17.6 Å². The van der Waals surface area contributed by atoms with Gasteiger partial charge in [0.15, 0.2) is 0 Å². The van der Waals surface area contributed by atoms with Gasteiger partial charge in [0.1, 0.15) is 0 Å². The maximum atomic E-state index is 4.43. The van der Waals surface area contributed by atoms with Crippen molar-refractivity contribution in [1.29, 1.82) is 0 Å². The van der Waals surface area contributed by atoms with Crippen LogP contribution in [0.3, 0.4) is 0 Å². The van der Waals surface area contributed by atoms with Gasteiger partial charge in [0.05, 0.1) is 5.52 Å². The average Bonchev–Trinajstić information content (AvgIpc) is 3.09. The molecule has 0 bridgehead atoms. The Bertz CT molecular complexity index is 538. The quantitative estimate of drug-likeness (QED) is 0.868. The van der Waals surface area contributed by atoms with Gasteiger partial charge in [-0.1, -0.05) is 25.1 Å². The largest absolute Gasteiger partial charge is 0.313 e. The van der Waals surface area contributed by atoms with Gasteiger partial charge < -0.3 is 5.32 Å². The minimum Gasteiger partial charge on any atom is -0.313 e. The van der Waals surface area contributed by atoms with E-state index < -0.39 is 0 Å². The third kappa shape index (κ3) is 1.73. The van der Waals surface area contributed by atoms with E-state index in [0.29, 0.717) is 11.5 Å². The highest BCUT2D eigenvalue weighted by molar-refractivity contribution is 5.82. The molecular formula is C15H18N2. The van der Waals surface area contributed by atoms with Crippen LogP contribution in [0.4, 0.5) is 0 Å². The van der Waals surface area contributed by atoms with Crippen molar-refractivity contribution in [2.24, 2.45) is 5.41 Å². The molecule has 1 aromatic heterocycles. The average molecular weight is 226 g/mol. The highest BCUT2D eigenvalue weighted by Gasteiger charge is 2.45. The van der Waals surface area contributed by atoms with Crippen LogP contribution in [0.5, 0.6) is 0 Å². The molecule has 1 fully saturated rings. The highest BCUT2D eigenvalue weighted by atomic mass is 14.9. The SMILES string of the molecule is CNC(c1cccc2ncccc12)C1(C)CC1. The molecule has 2 aromatic rings. The second-order valence-corrected chi connectivity index (χ2v) is 5.29. The van der Waals surface area contributed by atoms with Crippen molar-refractivity contribution in [3.8, 4) is 0 Å². The Labute approximate surface area is 102 Å². The topological polar surface area (TPSA) is 24.9 Å². The Morgan fingerprint density at radius 1 is 1.24 bits per heavy atom. The van der Waals surface area contributed by atoms with E-state index in [0.717, 1.165) is 5.52 Å². The highest BCUT2D eigenvalue weighted by Crippen LogP contribution is 2.54. The molecule has 1 aliphatic rings. The zero-order valence-corrected chi connectivity index (χ0v) is 10.4. The molecule has 0 amide bonds. The fourth-order valence-corrected chi connectivity index (χ4v) is 2.74. The van der Waals surface area contributed by atoms with Crippen LogP contribution in [0, 0.1) is 5.41 Å². The molecule has 0 radical (unpaired) electrons. The molecule has 1 atom stereocenters. The minimum atomic E-state index is 0.429. The standard InChI is InChI=1S/C15H18N2/c1-15(8-9-15)14(16-2)12-5-3-7-13-11(12)6-4-10-17-13/h3-7,10,14,16H,8-9H2,1-2H3. The van der Waals surface area contributed by atoms with E-state index in [2.05, 4.69) is 48.5 Å². The van der Waals surface area contributed by atoms with Crippen LogP contribution in [0.2, 0.25) is 0 Å². The van der Waals surface area contributed by atoms with Crippen molar-refractivity contribution >= 4 is 10.9 Å². The van der Waals surface area contributed by atoms with Gasteiger partial charge in [-0.05, 0) is 43.0 Å². The first-order valence-corrected chi connectivity index (χ1v) is 6.25. The molecule has 17 heavy (non-hydrogen) atoms. The summed E-state index contributed by atoms with van der Waals surface area (Å²) >= 11 is 0. The molecule has 1 N–H and O–H groups in total. The van der Waals surface area contributed by atoms with E-state index >= 15 is 0 Å². The Hall–Kier alpha value is -1.41. The predicted octanol–water partition coefficient (Wildman–Crippen LogP) is 3.30. The van der Waals surface area contributed by atoms with Gasteiger partial charge in [-0.25, -0.2) is 0 Å². The van der Waals surface area contributed by atoms with Crippen LogP contribution >= 0.6 is 0 Å². The minimum absolute atomic E-state index is 0.429.